The lowest BCUT2D eigenvalue weighted by atomic mass is 10.1. The molecule has 1 aliphatic rings. The molecule has 1 atom stereocenters. The number of nitrogens with zero attached hydrogens (tertiary/aromatic N) is 1. The molecule has 0 radical (unpaired) electrons. The molecule has 1 amide bonds. The van der Waals surface area contributed by atoms with E-state index in [1.165, 1.54) is 0 Å². The summed E-state index contributed by atoms with van der Waals surface area (Å²) in [7, 11) is 0. The van der Waals surface area contributed by atoms with Crippen LogP contribution in [0.3, 0.4) is 0 Å². The molecule has 2 rings (SSSR count). The fourth-order valence-electron chi connectivity index (χ4n) is 2.39. The van der Waals surface area contributed by atoms with Gasteiger partial charge in [0.25, 0.3) is 5.91 Å². The number of carboxylic acids is 1. The van der Waals surface area contributed by atoms with Gasteiger partial charge in [-0.05, 0) is 31.0 Å². The van der Waals surface area contributed by atoms with E-state index in [-0.39, 0.29) is 25.0 Å². The van der Waals surface area contributed by atoms with Gasteiger partial charge in [0.15, 0.2) is 6.61 Å². The molecule has 1 fully saturated rings. The predicted octanol–water partition coefficient (Wildman–Crippen LogP) is 2.95. The van der Waals surface area contributed by atoms with Crippen LogP contribution in [0.5, 0.6) is 5.75 Å². The molecule has 1 N–H and O–H groups in total. The third kappa shape index (κ3) is 4.35. The molecule has 0 saturated carbocycles. The summed E-state index contributed by atoms with van der Waals surface area (Å²) < 4.78 is 6.25. The molecule has 5 nitrogen and oxygen atoms in total. The maximum absolute atomic E-state index is 12.1. The van der Waals surface area contributed by atoms with E-state index in [1.807, 2.05) is 0 Å². The van der Waals surface area contributed by atoms with E-state index in [0.717, 1.165) is 17.3 Å². The van der Waals surface area contributed by atoms with Gasteiger partial charge in [0.05, 0.1) is 11.4 Å². The summed E-state index contributed by atoms with van der Waals surface area (Å²) in [5, 5.41) is 9.27. The largest absolute Gasteiger partial charge is 0.482 e. The first-order valence-corrected chi connectivity index (χ1v) is 7.73. The standard InChI is InChI=1S/C14H15BrClNO4/c15-9-3-4-12(11(16)6-9)21-8-13(18)17-5-1-2-10(17)7-14(19)20/h3-4,6,10H,1-2,5,7-8H2,(H,19,20). The molecule has 1 aliphatic heterocycles. The molecule has 1 heterocycles. The zero-order valence-electron chi connectivity index (χ0n) is 11.2. The van der Waals surface area contributed by atoms with Crippen molar-refractivity contribution in [3.8, 4) is 5.75 Å². The van der Waals surface area contributed by atoms with Crippen LogP contribution in [0.15, 0.2) is 22.7 Å². The lowest BCUT2D eigenvalue weighted by Crippen LogP contribution is -2.39. The molecule has 0 spiro atoms. The summed E-state index contributed by atoms with van der Waals surface area (Å²) in [5.74, 6) is -0.670. The first kappa shape index (κ1) is 16.1. The minimum atomic E-state index is -0.892. The van der Waals surface area contributed by atoms with Crippen molar-refractivity contribution in [3.63, 3.8) is 0 Å². The minimum Gasteiger partial charge on any atom is -0.482 e. The van der Waals surface area contributed by atoms with E-state index in [9.17, 15) is 9.59 Å². The Bertz CT molecular complexity index is 552. The Labute approximate surface area is 136 Å². The number of hydrogen-bond donors (Lipinski definition) is 1. The SMILES string of the molecule is O=C(O)CC1CCCN1C(=O)COc1ccc(Br)cc1Cl. The Morgan fingerprint density at radius 3 is 2.90 bits per heavy atom. The number of amides is 1. The summed E-state index contributed by atoms with van der Waals surface area (Å²) in [5.41, 5.74) is 0. The van der Waals surface area contributed by atoms with Crippen molar-refractivity contribution >= 4 is 39.4 Å². The highest BCUT2D eigenvalue weighted by atomic mass is 79.9. The van der Waals surface area contributed by atoms with Crippen molar-refractivity contribution in [2.24, 2.45) is 0 Å². The second kappa shape index (κ2) is 7.13. The van der Waals surface area contributed by atoms with Crippen molar-refractivity contribution in [1.82, 2.24) is 4.90 Å². The van der Waals surface area contributed by atoms with Gasteiger partial charge in [-0.15, -0.1) is 0 Å². The fourth-order valence-corrected chi connectivity index (χ4v) is 3.12. The quantitative estimate of drug-likeness (QED) is 0.858. The van der Waals surface area contributed by atoms with Crippen LogP contribution in [0.1, 0.15) is 19.3 Å². The molecular weight excluding hydrogens is 362 g/mol. The number of likely N-dealkylation sites (tertiary alicyclic amines) is 1. The van der Waals surface area contributed by atoms with Crippen molar-refractivity contribution in [2.45, 2.75) is 25.3 Å². The number of ether oxygens (including phenoxy) is 1. The summed E-state index contributed by atoms with van der Waals surface area (Å²) in [6.45, 7) is 0.436. The van der Waals surface area contributed by atoms with Crippen molar-refractivity contribution < 1.29 is 19.4 Å². The van der Waals surface area contributed by atoms with Crippen LogP contribution in [0.25, 0.3) is 0 Å². The van der Waals surface area contributed by atoms with Gasteiger partial charge in [0, 0.05) is 17.1 Å². The van der Waals surface area contributed by atoms with Crippen LogP contribution in [0, 0.1) is 0 Å². The zero-order chi connectivity index (χ0) is 15.4. The topological polar surface area (TPSA) is 66.8 Å². The third-order valence-corrected chi connectivity index (χ3v) is 4.14. The van der Waals surface area contributed by atoms with Crippen molar-refractivity contribution in [2.75, 3.05) is 13.2 Å². The Kier molecular flexibility index (Phi) is 5.47. The van der Waals surface area contributed by atoms with Crippen molar-refractivity contribution in [3.05, 3.63) is 27.7 Å². The lowest BCUT2D eigenvalue weighted by molar-refractivity contribution is -0.140. The predicted molar refractivity (Wildman–Crippen MR) is 81.6 cm³/mol. The molecule has 1 unspecified atom stereocenters. The maximum atomic E-state index is 12.1. The zero-order valence-corrected chi connectivity index (χ0v) is 13.6. The normalized spacial score (nSPS) is 17.8. The highest BCUT2D eigenvalue weighted by molar-refractivity contribution is 9.10. The number of benzene rings is 1. The van der Waals surface area contributed by atoms with Crippen LogP contribution in [0.4, 0.5) is 0 Å². The fraction of sp³-hybridized carbons (Fsp3) is 0.429. The van der Waals surface area contributed by atoms with E-state index in [4.69, 9.17) is 21.4 Å². The first-order valence-electron chi connectivity index (χ1n) is 6.56. The van der Waals surface area contributed by atoms with Crippen molar-refractivity contribution in [1.29, 1.82) is 0 Å². The number of hydrogen-bond acceptors (Lipinski definition) is 3. The number of aliphatic carboxylic acids is 1. The van der Waals surface area contributed by atoms with Crippen LogP contribution in [0.2, 0.25) is 5.02 Å². The highest BCUT2D eigenvalue weighted by Crippen LogP contribution is 2.28. The average molecular weight is 377 g/mol. The number of carbonyl (C=O) groups is 2. The number of rotatable bonds is 5. The van der Waals surface area contributed by atoms with Crippen LogP contribution < -0.4 is 4.74 Å². The first-order chi connectivity index (χ1) is 9.97. The minimum absolute atomic E-state index is 0.0230. The maximum Gasteiger partial charge on any atom is 0.305 e. The molecule has 1 aromatic carbocycles. The molecule has 1 saturated heterocycles. The molecule has 0 aromatic heterocycles. The van der Waals surface area contributed by atoms with Gasteiger partial charge in [-0.2, -0.15) is 0 Å². The van der Waals surface area contributed by atoms with Gasteiger partial charge in [0.1, 0.15) is 5.75 Å². The Morgan fingerprint density at radius 2 is 2.24 bits per heavy atom. The third-order valence-electron chi connectivity index (χ3n) is 3.35. The molecule has 21 heavy (non-hydrogen) atoms. The summed E-state index contributed by atoms with van der Waals surface area (Å²) in [6, 6.07) is 4.90. The monoisotopic (exact) mass is 375 g/mol. The number of carbonyl (C=O) groups excluding carboxylic acids is 1. The summed E-state index contributed by atoms with van der Waals surface area (Å²) in [4.78, 5) is 24.5. The van der Waals surface area contributed by atoms with Crippen LogP contribution in [-0.4, -0.2) is 41.1 Å². The second-order valence-electron chi connectivity index (χ2n) is 4.84. The number of carboxylic acid groups (broad SMARTS) is 1. The van der Waals surface area contributed by atoms with Gasteiger partial charge in [-0.1, -0.05) is 27.5 Å². The lowest BCUT2D eigenvalue weighted by Gasteiger charge is -2.23. The Hall–Kier alpha value is -1.27. The van der Waals surface area contributed by atoms with Gasteiger partial charge in [-0.25, -0.2) is 0 Å². The van der Waals surface area contributed by atoms with E-state index >= 15 is 0 Å². The molecular formula is C14H15BrClNO4. The number of halogens is 2. The van der Waals surface area contributed by atoms with Gasteiger partial charge >= 0.3 is 5.97 Å². The Morgan fingerprint density at radius 1 is 1.48 bits per heavy atom. The Balaban J connectivity index is 1.93. The molecule has 114 valence electrons. The van der Waals surface area contributed by atoms with E-state index in [2.05, 4.69) is 15.9 Å². The average Bonchev–Trinajstić information content (AvgIpc) is 2.84. The van der Waals surface area contributed by atoms with E-state index in [1.54, 1.807) is 23.1 Å². The van der Waals surface area contributed by atoms with E-state index in [0.29, 0.717) is 17.3 Å². The van der Waals surface area contributed by atoms with Gasteiger partial charge < -0.3 is 14.7 Å². The molecule has 0 aliphatic carbocycles. The smallest absolute Gasteiger partial charge is 0.305 e. The van der Waals surface area contributed by atoms with Crippen LogP contribution in [-0.2, 0) is 9.59 Å². The molecule has 7 heteroatoms. The molecule has 1 aromatic rings. The second-order valence-corrected chi connectivity index (χ2v) is 6.17. The van der Waals surface area contributed by atoms with Crippen LogP contribution >= 0.6 is 27.5 Å². The highest BCUT2D eigenvalue weighted by Gasteiger charge is 2.30. The summed E-state index contributed by atoms with van der Waals surface area (Å²) >= 11 is 9.30. The summed E-state index contributed by atoms with van der Waals surface area (Å²) in [6.07, 6.45) is 1.52. The van der Waals surface area contributed by atoms with Gasteiger partial charge in [-0.3, -0.25) is 9.59 Å². The molecule has 0 bridgehead atoms. The van der Waals surface area contributed by atoms with E-state index < -0.39 is 5.97 Å². The van der Waals surface area contributed by atoms with Gasteiger partial charge in [0.2, 0.25) is 0 Å².